The van der Waals surface area contributed by atoms with Gasteiger partial charge in [-0.1, -0.05) is 31.0 Å². The van der Waals surface area contributed by atoms with Crippen molar-refractivity contribution in [2.45, 2.75) is 45.1 Å². The van der Waals surface area contributed by atoms with E-state index in [0.29, 0.717) is 12.8 Å². The third kappa shape index (κ3) is 4.45. The molecular weight excluding hydrogens is 314 g/mol. The molecule has 0 atom stereocenters. The summed E-state index contributed by atoms with van der Waals surface area (Å²) >= 11 is 0. The molecule has 0 aliphatic heterocycles. The highest BCUT2D eigenvalue weighted by molar-refractivity contribution is 5.97. The molecule has 0 radical (unpaired) electrons. The number of carbonyl (C=O) groups excluding carboxylic acids is 2. The summed E-state index contributed by atoms with van der Waals surface area (Å²) in [7, 11) is 1.64. The third-order valence-electron chi connectivity index (χ3n) is 4.39. The number of aryl methyl sites for hydroxylation is 2. The van der Waals surface area contributed by atoms with Crippen molar-refractivity contribution in [1.29, 1.82) is 0 Å². The molecule has 0 unspecified atom stereocenters. The first kappa shape index (κ1) is 19.5. The van der Waals surface area contributed by atoms with Crippen LogP contribution in [-0.2, 0) is 9.59 Å². The van der Waals surface area contributed by atoms with Crippen molar-refractivity contribution in [3.05, 3.63) is 29.3 Å². The van der Waals surface area contributed by atoms with Gasteiger partial charge < -0.3 is 16.0 Å². The molecule has 1 fully saturated rings. The number of anilines is 1. The fourth-order valence-electron chi connectivity index (χ4n) is 3.08. The van der Waals surface area contributed by atoms with Gasteiger partial charge in [-0.15, -0.1) is 12.4 Å². The largest absolute Gasteiger partial charge is 0.335 e. The van der Waals surface area contributed by atoms with Crippen LogP contribution in [0.2, 0.25) is 0 Å². The van der Waals surface area contributed by atoms with Gasteiger partial charge in [0.1, 0.15) is 0 Å². The number of para-hydroxylation sites is 1. The second kappa shape index (κ2) is 7.79. The Balaban J connectivity index is 0.00000264. The van der Waals surface area contributed by atoms with E-state index in [2.05, 4.69) is 5.32 Å². The lowest BCUT2D eigenvalue weighted by molar-refractivity contribution is -0.138. The van der Waals surface area contributed by atoms with E-state index in [1.54, 1.807) is 7.05 Å². The van der Waals surface area contributed by atoms with E-state index < -0.39 is 5.54 Å². The molecule has 23 heavy (non-hydrogen) atoms. The van der Waals surface area contributed by atoms with E-state index in [1.807, 2.05) is 32.0 Å². The normalized spacial score (nSPS) is 15.7. The number of halogens is 1. The maximum Gasteiger partial charge on any atom is 0.243 e. The van der Waals surface area contributed by atoms with E-state index in [4.69, 9.17) is 5.73 Å². The third-order valence-corrected chi connectivity index (χ3v) is 4.39. The number of rotatable bonds is 4. The van der Waals surface area contributed by atoms with Gasteiger partial charge in [-0.25, -0.2) is 0 Å². The Hall–Kier alpha value is -1.59. The van der Waals surface area contributed by atoms with Crippen molar-refractivity contribution in [3.63, 3.8) is 0 Å². The Morgan fingerprint density at radius 1 is 1.22 bits per heavy atom. The number of nitrogens with zero attached hydrogens (tertiary/aromatic N) is 1. The summed E-state index contributed by atoms with van der Waals surface area (Å²) in [5.74, 6) is -0.337. The van der Waals surface area contributed by atoms with E-state index >= 15 is 0 Å². The molecule has 0 spiro atoms. The summed E-state index contributed by atoms with van der Waals surface area (Å²) in [5, 5.41) is 2.89. The molecule has 3 N–H and O–H groups in total. The molecule has 1 aromatic carbocycles. The molecule has 128 valence electrons. The predicted octanol–water partition coefficient (Wildman–Crippen LogP) is 2.39. The topological polar surface area (TPSA) is 75.4 Å². The molecule has 0 heterocycles. The van der Waals surface area contributed by atoms with Gasteiger partial charge in [0.2, 0.25) is 11.8 Å². The highest BCUT2D eigenvalue weighted by atomic mass is 35.5. The Bertz CT molecular complexity index is 563. The van der Waals surface area contributed by atoms with Gasteiger partial charge in [0, 0.05) is 12.7 Å². The monoisotopic (exact) mass is 339 g/mol. The summed E-state index contributed by atoms with van der Waals surface area (Å²) in [6.07, 6.45) is 3.36. The fraction of sp³-hybridized carbons (Fsp3) is 0.529. The summed E-state index contributed by atoms with van der Waals surface area (Å²) in [4.78, 5) is 26.1. The van der Waals surface area contributed by atoms with Gasteiger partial charge in [0.25, 0.3) is 0 Å². The number of likely N-dealkylation sites (N-methyl/N-ethyl adjacent to an activating group) is 1. The Kier molecular flexibility index (Phi) is 6.59. The van der Waals surface area contributed by atoms with Crippen LogP contribution in [0.4, 0.5) is 5.69 Å². The Labute approximate surface area is 144 Å². The number of hydrogen-bond donors (Lipinski definition) is 2. The minimum absolute atomic E-state index is 0. The molecule has 1 aliphatic rings. The molecule has 2 amide bonds. The van der Waals surface area contributed by atoms with Crippen LogP contribution in [0, 0.1) is 13.8 Å². The van der Waals surface area contributed by atoms with Crippen LogP contribution in [0.15, 0.2) is 18.2 Å². The minimum atomic E-state index is -0.784. The first-order valence-corrected chi connectivity index (χ1v) is 7.74. The molecule has 6 heteroatoms. The van der Waals surface area contributed by atoms with Crippen molar-refractivity contribution in [2.24, 2.45) is 5.73 Å². The maximum absolute atomic E-state index is 12.4. The molecule has 1 saturated carbocycles. The van der Waals surface area contributed by atoms with Crippen molar-refractivity contribution < 1.29 is 9.59 Å². The van der Waals surface area contributed by atoms with Gasteiger partial charge in [0.15, 0.2) is 0 Å². The van der Waals surface area contributed by atoms with Crippen LogP contribution >= 0.6 is 12.4 Å². The van der Waals surface area contributed by atoms with Gasteiger partial charge in [-0.2, -0.15) is 0 Å². The standard InChI is InChI=1S/C17H25N3O2.ClH/c1-12-7-6-8-13(2)15(12)19-14(21)11-20(3)16(22)17(18)9-4-5-10-17;/h6-8H,4-5,9-11,18H2,1-3H3,(H,19,21);1H. The minimum Gasteiger partial charge on any atom is -0.335 e. The van der Waals surface area contributed by atoms with Crippen LogP contribution < -0.4 is 11.1 Å². The van der Waals surface area contributed by atoms with E-state index in [1.165, 1.54) is 4.90 Å². The molecule has 0 saturated heterocycles. The first-order chi connectivity index (χ1) is 10.3. The Morgan fingerprint density at radius 3 is 2.26 bits per heavy atom. The SMILES string of the molecule is Cc1cccc(C)c1NC(=O)CN(C)C(=O)C1(N)CCCC1.Cl. The van der Waals surface area contributed by atoms with Gasteiger partial charge in [-0.3, -0.25) is 9.59 Å². The highest BCUT2D eigenvalue weighted by Crippen LogP contribution is 2.28. The predicted molar refractivity (Wildman–Crippen MR) is 94.8 cm³/mol. The lowest BCUT2D eigenvalue weighted by atomic mass is 9.97. The van der Waals surface area contributed by atoms with Crippen molar-refractivity contribution in [3.8, 4) is 0 Å². The molecule has 2 rings (SSSR count). The number of nitrogens with one attached hydrogen (secondary N) is 1. The zero-order valence-electron chi connectivity index (χ0n) is 14.0. The average molecular weight is 340 g/mol. The molecular formula is C17H26ClN3O2. The van der Waals surface area contributed by atoms with E-state index in [0.717, 1.165) is 29.7 Å². The average Bonchev–Trinajstić information content (AvgIpc) is 2.90. The number of benzene rings is 1. The van der Waals surface area contributed by atoms with Crippen molar-refractivity contribution in [2.75, 3.05) is 18.9 Å². The van der Waals surface area contributed by atoms with Crippen LogP contribution in [-0.4, -0.2) is 35.8 Å². The summed E-state index contributed by atoms with van der Waals surface area (Å²) < 4.78 is 0. The lowest BCUT2D eigenvalue weighted by Crippen LogP contribution is -2.53. The van der Waals surface area contributed by atoms with Crippen LogP contribution in [0.5, 0.6) is 0 Å². The maximum atomic E-state index is 12.4. The number of amides is 2. The van der Waals surface area contributed by atoms with Gasteiger partial charge >= 0.3 is 0 Å². The van der Waals surface area contributed by atoms with Crippen LogP contribution in [0.3, 0.4) is 0 Å². The summed E-state index contributed by atoms with van der Waals surface area (Å²) in [6, 6.07) is 5.85. The Morgan fingerprint density at radius 2 is 1.74 bits per heavy atom. The van der Waals surface area contributed by atoms with Gasteiger partial charge in [-0.05, 0) is 37.8 Å². The summed E-state index contributed by atoms with van der Waals surface area (Å²) in [5.41, 5.74) is 8.20. The number of hydrogen-bond acceptors (Lipinski definition) is 3. The second-order valence-corrected chi connectivity index (χ2v) is 6.34. The zero-order valence-corrected chi connectivity index (χ0v) is 14.8. The van der Waals surface area contributed by atoms with Crippen LogP contribution in [0.1, 0.15) is 36.8 Å². The van der Waals surface area contributed by atoms with Crippen molar-refractivity contribution in [1.82, 2.24) is 4.90 Å². The summed E-state index contributed by atoms with van der Waals surface area (Å²) in [6.45, 7) is 3.92. The number of nitrogens with two attached hydrogens (primary N) is 1. The molecule has 0 bridgehead atoms. The highest BCUT2D eigenvalue weighted by Gasteiger charge is 2.39. The fourth-order valence-corrected chi connectivity index (χ4v) is 3.08. The first-order valence-electron chi connectivity index (χ1n) is 7.74. The smallest absolute Gasteiger partial charge is 0.243 e. The lowest BCUT2D eigenvalue weighted by Gasteiger charge is -2.28. The molecule has 1 aromatic rings. The zero-order chi connectivity index (χ0) is 16.3. The molecule has 1 aliphatic carbocycles. The number of carbonyl (C=O) groups is 2. The van der Waals surface area contributed by atoms with Crippen molar-refractivity contribution >= 4 is 29.9 Å². The van der Waals surface area contributed by atoms with Gasteiger partial charge in [0.05, 0.1) is 12.1 Å². The quantitative estimate of drug-likeness (QED) is 0.884. The molecule has 5 nitrogen and oxygen atoms in total. The second-order valence-electron chi connectivity index (χ2n) is 6.34. The van der Waals surface area contributed by atoms with E-state index in [-0.39, 0.29) is 30.8 Å². The van der Waals surface area contributed by atoms with E-state index in [9.17, 15) is 9.59 Å². The van der Waals surface area contributed by atoms with Crippen LogP contribution in [0.25, 0.3) is 0 Å². The molecule has 0 aromatic heterocycles.